The number of nitrogens with zero attached hydrogens (tertiary/aromatic N) is 8. The number of hydrogen-bond acceptors (Lipinski definition) is 5. The first-order valence-corrected chi connectivity index (χ1v) is 17.0. The molecule has 0 aliphatic carbocycles. The molecule has 0 saturated heterocycles. The Kier molecular flexibility index (Phi) is 8.61. The summed E-state index contributed by atoms with van der Waals surface area (Å²) in [6, 6.07) is 57.5. The van der Waals surface area contributed by atoms with Gasteiger partial charge in [-0.25, -0.2) is 4.98 Å². The summed E-state index contributed by atoms with van der Waals surface area (Å²) >= 11 is 0. The van der Waals surface area contributed by atoms with Gasteiger partial charge in [0.25, 0.3) is 0 Å². The highest BCUT2D eigenvalue weighted by Crippen LogP contribution is 2.44. The molecule has 8 aromatic rings. The lowest BCUT2D eigenvalue weighted by molar-refractivity contribution is 1.04. The molecule has 0 radical (unpaired) electrons. The van der Waals surface area contributed by atoms with Crippen LogP contribution in [0.1, 0.15) is 17.1 Å². The number of imidazole rings is 2. The van der Waals surface area contributed by atoms with Gasteiger partial charge in [-0.3, -0.25) is 9.13 Å². The lowest BCUT2D eigenvalue weighted by Crippen LogP contribution is -2.02. The predicted molar refractivity (Wildman–Crippen MR) is 208 cm³/mol. The normalized spacial score (nSPS) is 10.5. The molecule has 0 aliphatic rings. The van der Waals surface area contributed by atoms with Gasteiger partial charge in [0.1, 0.15) is 24.0 Å². The molecule has 0 N–H and O–H groups in total. The van der Waals surface area contributed by atoms with Crippen molar-refractivity contribution in [1.29, 1.82) is 15.8 Å². The summed E-state index contributed by atoms with van der Waals surface area (Å²) in [5, 5.41) is 30.4. The number of para-hydroxylation sites is 2. The standard InChI is InChI=1S/C46H26N8/c1-50-44-43(30-49)54(32-18-6-3-7-19-32)46(52-44)40-27-15-13-25-38(40)36-23-11-9-21-34(36)33-20-8-10-22-35(33)37-24-12-14-26-39(37)45-51-41(28-47)42(29-48)53(45)31-16-4-2-5-17-31/h2-27H. The summed E-state index contributed by atoms with van der Waals surface area (Å²) in [7, 11) is 0. The molecule has 8 rings (SSSR count). The van der Waals surface area contributed by atoms with Crippen LogP contribution < -0.4 is 0 Å². The van der Waals surface area contributed by atoms with Crippen LogP contribution in [0.3, 0.4) is 0 Å². The van der Waals surface area contributed by atoms with Crippen molar-refractivity contribution in [3.05, 3.63) is 186 Å². The average molecular weight is 691 g/mol. The zero-order valence-corrected chi connectivity index (χ0v) is 28.6. The summed E-state index contributed by atoms with van der Waals surface area (Å²) in [4.78, 5) is 13.1. The van der Waals surface area contributed by atoms with Crippen molar-refractivity contribution >= 4 is 5.82 Å². The molecule has 8 heteroatoms. The Morgan fingerprint density at radius 2 is 0.741 bits per heavy atom. The van der Waals surface area contributed by atoms with Gasteiger partial charge < -0.3 is 4.85 Å². The fraction of sp³-hybridized carbons (Fsp3) is 0. The van der Waals surface area contributed by atoms with E-state index in [2.05, 4.69) is 47.3 Å². The van der Waals surface area contributed by atoms with E-state index in [0.717, 1.165) is 55.9 Å². The average Bonchev–Trinajstić information content (AvgIpc) is 3.83. The van der Waals surface area contributed by atoms with E-state index in [1.807, 2.05) is 133 Å². The highest BCUT2D eigenvalue weighted by molar-refractivity contribution is 5.97. The first kappa shape index (κ1) is 32.9. The fourth-order valence-electron chi connectivity index (χ4n) is 6.94. The number of benzene rings is 6. The Morgan fingerprint density at radius 1 is 0.407 bits per heavy atom. The Labute approximate surface area is 311 Å². The molecule has 2 heterocycles. The van der Waals surface area contributed by atoms with E-state index in [0.29, 0.717) is 11.6 Å². The van der Waals surface area contributed by atoms with Gasteiger partial charge in [-0.15, -0.1) is 0 Å². The van der Waals surface area contributed by atoms with Crippen LogP contribution in [-0.4, -0.2) is 19.1 Å². The number of aromatic nitrogens is 4. The second-order valence-electron chi connectivity index (χ2n) is 12.2. The van der Waals surface area contributed by atoms with Gasteiger partial charge >= 0.3 is 5.82 Å². The summed E-state index contributed by atoms with van der Waals surface area (Å²) < 4.78 is 3.49. The molecule has 2 aromatic heterocycles. The summed E-state index contributed by atoms with van der Waals surface area (Å²) in [5.74, 6) is 1.01. The molecule has 250 valence electrons. The predicted octanol–water partition coefficient (Wildman–Crippen LogP) is 10.6. The second-order valence-corrected chi connectivity index (χ2v) is 12.2. The maximum atomic E-state index is 10.2. The summed E-state index contributed by atoms with van der Waals surface area (Å²) in [6.07, 6.45) is 0. The molecule has 0 fully saturated rings. The van der Waals surface area contributed by atoms with Gasteiger partial charge in [-0.2, -0.15) is 15.8 Å². The molecule has 8 nitrogen and oxygen atoms in total. The maximum absolute atomic E-state index is 10.2. The highest BCUT2D eigenvalue weighted by atomic mass is 15.1. The van der Waals surface area contributed by atoms with Crippen molar-refractivity contribution in [3.63, 3.8) is 0 Å². The van der Waals surface area contributed by atoms with E-state index in [9.17, 15) is 15.8 Å². The first-order valence-electron chi connectivity index (χ1n) is 17.0. The van der Waals surface area contributed by atoms with Crippen LogP contribution in [-0.2, 0) is 0 Å². The van der Waals surface area contributed by atoms with Gasteiger partial charge in [-0.1, -0.05) is 139 Å². The van der Waals surface area contributed by atoms with Gasteiger partial charge in [0.05, 0.1) is 5.56 Å². The van der Waals surface area contributed by atoms with Crippen molar-refractivity contribution in [1.82, 2.24) is 19.1 Å². The van der Waals surface area contributed by atoms with Crippen molar-refractivity contribution in [3.8, 4) is 85.7 Å². The van der Waals surface area contributed by atoms with E-state index in [1.54, 1.807) is 9.13 Å². The minimum atomic E-state index is 0.0365. The number of nitriles is 3. The molecule has 54 heavy (non-hydrogen) atoms. The second kappa shape index (κ2) is 14.1. The van der Waals surface area contributed by atoms with Crippen LogP contribution in [0.25, 0.3) is 72.4 Å². The van der Waals surface area contributed by atoms with E-state index < -0.39 is 0 Å². The first-order chi connectivity index (χ1) is 26.7. The monoisotopic (exact) mass is 690 g/mol. The zero-order chi connectivity index (χ0) is 37.0. The van der Waals surface area contributed by atoms with E-state index >= 15 is 0 Å². The molecule has 0 atom stereocenters. The molecule has 0 bridgehead atoms. The maximum Gasteiger partial charge on any atom is 0.306 e. The largest absolute Gasteiger partial charge is 0.358 e. The van der Waals surface area contributed by atoms with Gasteiger partial charge in [0.15, 0.2) is 17.1 Å². The molecule has 0 saturated carbocycles. The minimum Gasteiger partial charge on any atom is -0.358 e. The van der Waals surface area contributed by atoms with Gasteiger partial charge in [0, 0.05) is 16.9 Å². The smallest absolute Gasteiger partial charge is 0.306 e. The third-order valence-electron chi connectivity index (χ3n) is 9.25. The Bertz CT molecular complexity index is 2670. The molecule has 0 amide bonds. The third kappa shape index (κ3) is 5.56. The van der Waals surface area contributed by atoms with Crippen LogP contribution in [0, 0.1) is 40.6 Å². The van der Waals surface area contributed by atoms with Crippen LogP contribution in [0.15, 0.2) is 158 Å². The molecular formula is C46H26N8. The summed E-state index contributed by atoms with van der Waals surface area (Å²) in [6.45, 7) is 7.83. The van der Waals surface area contributed by atoms with Crippen molar-refractivity contribution in [2.24, 2.45) is 0 Å². The van der Waals surface area contributed by atoms with E-state index in [-0.39, 0.29) is 22.9 Å². The quantitative estimate of drug-likeness (QED) is 0.155. The number of hydrogen-bond donors (Lipinski definition) is 0. The summed E-state index contributed by atoms with van der Waals surface area (Å²) in [5.41, 5.74) is 8.82. The highest BCUT2D eigenvalue weighted by Gasteiger charge is 2.27. The van der Waals surface area contributed by atoms with Crippen molar-refractivity contribution < 1.29 is 0 Å². The zero-order valence-electron chi connectivity index (χ0n) is 28.6. The Hall–Kier alpha value is -8.30. The molecule has 0 unspecified atom stereocenters. The lowest BCUT2D eigenvalue weighted by Gasteiger charge is -2.18. The van der Waals surface area contributed by atoms with E-state index in [1.165, 1.54) is 0 Å². The third-order valence-corrected chi connectivity index (χ3v) is 9.25. The SMILES string of the molecule is [C-]#[N+]c1nc(-c2ccccc2-c2ccccc2-c2ccccc2-c2ccccc2-c2nc(C#N)c(C#N)n2-c2ccccc2)n(-c2ccccc2)c1C#N. The Balaban J connectivity index is 1.34. The van der Waals surface area contributed by atoms with Crippen molar-refractivity contribution in [2.45, 2.75) is 0 Å². The van der Waals surface area contributed by atoms with Crippen LogP contribution in [0.5, 0.6) is 0 Å². The molecule has 6 aromatic carbocycles. The topological polar surface area (TPSA) is 111 Å². The minimum absolute atomic E-state index is 0.0365. The molecular weight excluding hydrogens is 665 g/mol. The lowest BCUT2D eigenvalue weighted by atomic mass is 9.86. The number of rotatable bonds is 7. The van der Waals surface area contributed by atoms with E-state index in [4.69, 9.17) is 16.5 Å². The molecule has 0 spiro atoms. The fourth-order valence-corrected chi connectivity index (χ4v) is 6.94. The van der Waals surface area contributed by atoms with Gasteiger partial charge in [-0.05, 0) is 63.7 Å². The van der Waals surface area contributed by atoms with Crippen LogP contribution >= 0.6 is 0 Å². The van der Waals surface area contributed by atoms with Crippen LogP contribution in [0.4, 0.5) is 5.82 Å². The van der Waals surface area contributed by atoms with Crippen molar-refractivity contribution in [2.75, 3.05) is 0 Å². The van der Waals surface area contributed by atoms with Crippen LogP contribution in [0.2, 0.25) is 0 Å². The Morgan fingerprint density at radius 3 is 1.11 bits per heavy atom. The molecule has 0 aliphatic heterocycles. The van der Waals surface area contributed by atoms with Gasteiger partial charge in [0.2, 0.25) is 5.82 Å².